The molecule has 0 spiro atoms. The summed E-state index contributed by atoms with van der Waals surface area (Å²) in [6.07, 6.45) is -7.66. The van der Waals surface area contributed by atoms with E-state index in [2.05, 4.69) is 4.98 Å². The Kier molecular flexibility index (Phi) is 3.55. The fourth-order valence-corrected chi connectivity index (χ4v) is 3.40. The highest BCUT2D eigenvalue weighted by atomic mass is 32.2. The predicted molar refractivity (Wildman–Crippen MR) is 77.6 cm³/mol. The molecule has 0 radical (unpaired) electrons. The van der Waals surface area contributed by atoms with Crippen LogP contribution in [0.15, 0.2) is 35.2 Å². The summed E-state index contributed by atoms with van der Waals surface area (Å²) in [5.41, 5.74) is -1.01. The largest absolute Gasteiger partial charge is 0.417 e. The average Bonchev–Trinajstić information content (AvgIpc) is 2.81. The zero-order chi connectivity index (χ0) is 17.0. The number of H-pyrrole nitrogens is 1. The summed E-state index contributed by atoms with van der Waals surface area (Å²) in [7, 11) is 0. The molecular formula is C15H9F6NS. The first-order valence-corrected chi connectivity index (χ1v) is 7.62. The number of thioether (sulfide) groups is 1. The lowest BCUT2D eigenvalue weighted by atomic mass is 10.1. The molecule has 0 aliphatic rings. The van der Waals surface area contributed by atoms with Gasteiger partial charge in [-0.3, -0.25) is 0 Å². The number of benzene rings is 2. The summed E-state index contributed by atoms with van der Waals surface area (Å²) in [6, 6.07) is 5.20. The summed E-state index contributed by atoms with van der Waals surface area (Å²) in [6.45, 7) is 0. The number of hydrogen-bond acceptors (Lipinski definition) is 1. The maximum Gasteiger partial charge on any atom is 0.417 e. The first kappa shape index (κ1) is 16.0. The Balaban J connectivity index is 2.42. The van der Waals surface area contributed by atoms with Crippen molar-refractivity contribution in [3.63, 3.8) is 0 Å². The molecule has 0 saturated heterocycles. The van der Waals surface area contributed by atoms with Gasteiger partial charge in [0.25, 0.3) is 0 Å². The summed E-state index contributed by atoms with van der Waals surface area (Å²) < 4.78 is 78.0. The molecule has 0 atom stereocenters. The number of nitrogens with one attached hydrogen (secondary N) is 1. The van der Waals surface area contributed by atoms with E-state index >= 15 is 0 Å². The van der Waals surface area contributed by atoms with E-state index in [1.54, 1.807) is 0 Å². The minimum Gasteiger partial charge on any atom is -0.354 e. The molecule has 0 saturated carbocycles. The quantitative estimate of drug-likeness (QED) is 0.416. The molecular weight excluding hydrogens is 340 g/mol. The van der Waals surface area contributed by atoms with Crippen LogP contribution < -0.4 is 0 Å². The van der Waals surface area contributed by atoms with Crippen LogP contribution in [0, 0.1) is 0 Å². The van der Waals surface area contributed by atoms with E-state index in [1.165, 1.54) is 18.4 Å². The van der Waals surface area contributed by atoms with Gasteiger partial charge in [0.2, 0.25) is 0 Å². The van der Waals surface area contributed by atoms with E-state index in [0.717, 1.165) is 30.0 Å². The van der Waals surface area contributed by atoms with Crippen LogP contribution in [0.2, 0.25) is 0 Å². The fourth-order valence-electron chi connectivity index (χ4n) is 2.57. The van der Waals surface area contributed by atoms with Gasteiger partial charge >= 0.3 is 12.4 Å². The van der Waals surface area contributed by atoms with Gasteiger partial charge in [-0.05, 0) is 36.6 Å². The Labute approximate surface area is 130 Å². The number of aromatic amines is 1. The number of halogens is 6. The van der Waals surface area contributed by atoms with Gasteiger partial charge in [-0.2, -0.15) is 26.3 Å². The van der Waals surface area contributed by atoms with Gasteiger partial charge < -0.3 is 4.98 Å². The SMILES string of the molecule is CSc1c(C(F)(F)F)ccc2[nH]c3ccc(C(F)(F)F)cc3c12. The van der Waals surface area contributed by atoms with Gasteiger partial charge in [-0.25, -0.2) is 0 Å². The van der Waals surface area contributed by atoms with Crippen molar-refractivity contribution in [2.24, 2.45) is 0 Å². The van der Waals surface area contributed by atoms with E-state index < -0.39 is 23.5 Å². The molecule has 0 bridgehead atoms. The standard InChI is InChI=1S/C15H9F6NS/c1-23-13-9(15(19,20)21)3-5-11-12(13)8-6-7(14(16,17)18)2-4-10(8)22-11/h2-6,22H,1H3. The smallest absolute Gasteiger partial charge is 0.354 e. The Hall–Kier alpha value is -1.83. The summed E-state index contributed by atoms with van der Waals surface area (Å²) in [4.78, 5) is 2.78. The van der Waals surface area contributed by atoms with Crippen LogP contribution in [0.3, 0.4) is 0 Å². The normalized spacial score (nSPS) is 13.2. The average molecular weight is 349 g/mol. The van der Waals surface area contributed by atoms with E-state index in [1.807, 2.05) is 0 Å². The lowest BCUT2D eigenvalue weighted by molar-refractivity contribution is -0.139. The molecule has 23 heavy (non-hydrogen) atoms. The van der Waals surface area contributed by atoms with E-state index in [-0.39, 0.29) is 15.7 Å². The van der Waals surface area contributed by atoms with Gasteiger partial charge in [-0.15, -0.1) is 11.8 Å². The first-order chi connectivity index (χ1) is 10.6. The van der Waals surface area contributed by atoms with Gasteiger partial charge in [0, 0.05) is 26.7 Å². The summed E-state index contributed by atoms with van der Waals surface area (Å²) >= 11 is 0.863. The van der Waals surface area contributed by atoms with Crippen LogP contribution in [-0.4, -0.2) is 11.2 Å². The molecule has 122 valence electrons. The van der Waals surface area contributed by atoms with E-state index in [0.29, 0.717) is 11.0 Å². The van der Waals surface area contributed by atoms with Gasteiger partial charge in [0.05, 0.1) is 11.1 Å². The second-order valence-corrected chi connectivity index (χ2v) is 5.77. The second kappa shape index (κ2) is 5.09. The highest BCUT2D eigenvalue weighted by Gasteiger charge is 2.35. The number of fused-ring (bicyclic) bond motifs is 3. The summed E-state index contributed by atoms with van der Waals surface area (Å²) in [5, 5.41) is 0.290. The lowest BCUT2D eigenvalue weighted by Gasteiger charge is -2.12. The van der Waals surface area contributed by atoms with Crippen molar-refractivity contribution in [3.8, 4) is 0 Å². The van der Waals surface area contributed by atoms with Gasteiger partial charge in [-0.1, -0.05) is 0 Å². The molecule has 1 N–H and O–H groups in total. The molecule has 0 amide bonds. The van der Waals surface area contributed by atoms with Crippen LogP contribution >= 0.6 is 11.8 Å². The van der Waals surface area contributed by atoms with E-state index in [9.17, 15) is 26.3 Å². The highest BCUT2D eigenvalue weighted by Crippen LogP contribution is 2.43. The van der Waals surface area contributed by atoms with Gasteiger partial charge in [0.1, 0.15) is 0 Å². The number of hydrogen-bond donors (Lipinski definition) is 1. The summed E-state index contributed by atoms with van der Waals surface area (Å²) in [5.74, 6) is 0. The van der Waals surface area contributed by atoms with Crippen molar-refractivity contribution < 1.29 is 26.3 Å². The van der Waals surface area contributed by atoms with Crippen LogP contribution in [-0.2, 0) is 12.4 Å². The minimum absolute atomic E-state index is 0.0828. The lowest BCUT2D eigenvalue weighted by Crippen LogP contribution is -2.06. The van der Waals surface area contributed by atoms with Crippen molar-refractivity contribution in [3.05, 3.63) is 41.5 Å². The zero-order valence-corrected chi connectivity index (χ0v) is 12.4. The maximum absolute atomic E-state index is 13.1. The Morgan fingerprint density at radius 1 is 0.870 bits per heavy atom. The predicted octanol–water partition coefficient (Wildman–Crippen LogP) is 6.08. The second-order valence-electron chi connectivity index (χ2n) is 4.95. The van der Waals surface area contributed by atoms with Crippen LogP contribution in [0.5, 0.6) is 0 Å². The third-order valence-corrected chi connectivity index (χ3v) is 4.39. The number of rotatable bonds is 1. The number of aromatic nitrogens is 1. The zero-order valence-electron chi connectivity index (χ0n) is 11.6. The first-order valence-electron chi connectivity index (χ1n) is 6.39. The van der Waals surface area contributed by atoms with Gasteiger partial charge in [0.15, 0.2) is 0 Å². The molecule has 0 unspecified atom stereocenters. The fraction of sp³-hybridized carbons (Fsp3) is 0.200. The molecule has 2 aromatic carbocycles. The highest BCUT2D eigenvalue weighted by molar-refractivity contribution is 7.98. The molecule has 1 nitrogen and oxygen atoms in total. The molecule has 0 fully saturated rings. The van der Waals surface area contributed by atoms with Crippen LogP contribution in [0.25, 0.3) is 21.8 Å². The van der Waals surface area contributed by atoms with Crippen LogP contribution in [0.4, 0.5) is 26.3 Å². The minimum atomic E-state index is -4.57. The molecule has 3 aromatic rings. The third-order valence-electron chi connectivity index (χ3n) is 3.55. The molecule has 0 aliphatic heterocycles. The molecule has 1 aromatic heterocycles. The van der Waals surface area contributed by atoms with Crippen molar-refractivity contribution in [1.29, 1.82) is 0 Å². The number of alkyl halides is 6. The Morgan fingerprint density at radius 3 is 2.09 bits per heavy atom. The van der Waals surface area contributed by atoms with Crippen molar-refractivity contribution >= 4 is 33.6 Å². The molecule has 0 aliphatic carbocycles. The Morgan fingerprint density at radius 2 is 1.52 bits per heavy atom. The maximum atomic E-state index is 13.1. The van der Waals surface area contributed by atoms with Crippen molar-refractivity contribution in [2.45, 2.75) is 17.2 Å². The monoisotopic (exact) mass is 349 g/mol. The van der Waals surface area contributed by atoms with Crippen LogP contribution in [0.1, 0.15) is 11.1 Å². The molecule has 8 heteroatoms. The molecule has 3 rings (SSSR count). The van der Waals surface area contributed by atoms with Crippen molar-refractivity contribution in [2.75, 3.05) is 6.26 Å². The van der Waals surface area contributed by atoms with Crippen molar-refractivity contribution in [1.82, 2.24) is 4.98 Å². The Bertz CT molecular complexity index is 891. The third kappa shape index (κ3) is 2.65. The molecule has 1 heterocycles. The van der Waals surface area contributed by atoms with E-state index in [4.69, 9.17) is 0 Å². The topological polar surface area (TPSA) is 15.8 Å².